The number of aliphatic hydroxyl groups is 1. The smallest absolute Gasteiger partial charge is 0.462 e. The predicted octanol–water partition coefficient (Wildman–Crippen LogP) is 22.4. The van der Waals surface area contributed by atoms with E-state index in [9.17, 15) is 43.2 Å². The Balaban J connectivity index is 5.46. The van der Waals surface area contributed by atoms with Gasteiger partial charge in [0.2, 0.25) is 0 Å². The number of phosphoric acid groups is 2. The quantitative estimate of drug-likeness (QED) is 0.0169. The molecule has 580 valence electrons. The van der Waals surface area contributed by atoms with Gasteiger partial charge in [0, 0.05) is 25.7 Å². The molecule has 19 heteroatoms. The van der Waals surface area contributed by atoms with E-state index in [1.807, 2.05) is 30.4 Å². The highest BCUT2D eigenvalue weighted by molar-refractivity contribution is 7.47. The van der Waals surface area contributed by atoms with E-state index in [1.165, 1.54) is 51.4 Å². The van der Waals surface area contributed by atoms with E-state index in [0.717, 1.165) is 141 Å². The number of aliphatic hydroxyl groups excluding tert-OH is 1. The molecule has 0 aromatic carbocycles. The summed E-state index contributed by atoms with van der Waals surface area (Å²) in [7, 11) is -10.00. The summed E-state index contributed by atoms with van der Waals surface area (Å²) >= 11 is 0. The Morgan fingerprint density at radius 1 is 0.284 bits per heavy atom. The summed E-state index contributed by atoms with van der Waals surface area (Å²) in [5.74, 6) is -2.36. The summed E-state index contributed by atoms with van der Waals surface area (Å²) in [6.45, 7) is 4.40. The summed E-state index contributed by atoms with van der Waals surface area (Å²) < 4.78 is 68.3. The number of carbonyl (C=O) groups is 4. The fourth-order valence-corrected chi connectivity index (χ4v) is 11.3. The van der Waals surface area contributed by atoms with Crippen molar-refractivity contribution in [2.75, 3.05) is 39.6 Å². The Kier molecular flexibility index (Phi) is 70.1. The highest BCUT2D eigenvalue weighted by Crippen LogP contribution is 2.45. The van der Waals surface area contributed by atoms with Gasteiger partial charge in [0.15, 0.2) is 12.2 Å². The van der Waals surface area contributed by atoms with E-state index >= 15 is 0 Å². The third-order valence-electron chi connectivity index (χ3n) is 15.5. The first-order valence-corrected chi connectivity index (χ1v) is 41.7. The molecule has 0 rings (SSSR count). The molecule has 0 amide bonds. The van der Waals surface area contributed by atoms with Crippen LogP contribution in [0.5, 0.6) is 0 Å². The van der Waals surface area contributed by atoms with Crippen molar-refractivity contribution in [3.63, 3.8) is 0 Å². The fraction of sp³-hybridized carbons (Fsp3) is 0.639. The maximum atomic E-state index is 13.1. The van der Waals surface area contributed by atoms with E-state index in [-0.39, 0.29) is 25.7 Å². The molecule has 0 aromatic rings. The number of unbranched alkanes of at least 4 members (excludes halogenated alkanes) is 19. The molecular weight excluding hydrogens is 1330 g/mol. The number of hydrogen-bond acceptors (Lipinski definition) is 15. The summed E-state index contributed by atoms with van der Waals surface area (Å²) in [5.41, 5.74) is 0. The zero-order valence-corrected chi connectivity index (χ0v) is 65.0. The maximum Gasteiger partial charge on any atom is 0.472 e. The average Bonchev–Trinajstić information content (AvgIpc) is 0.909. The monoisotopic (exact) mass is 1470 g/mol. The van der Waals surface area contributed by atoms with E-state index in [1.54, 1.807) is 0 Å². The first-order valence-electron chi connectivity index (χ1n) is 38.7. The molecule has 0 spiro atoms. The normalized spacial score (nSPS) is 14.8. The van der Waals surface area contributed by atoms with Gasteiger partial charge >= 0.3 is 39.5 Å². The lowest BCUT2D eigenvalue weighted by molar-refractivity contribution is -0.161. The third kappa shape index (κ3) is 73.0. The van der Waals surface area contributed by atoms with Crippen molar-refractivity contribution in [2.24, 2.45) is 0 Å². The van der Waals surface area contributed by atoms with Crippen LogP contribution in [0.25, 0.3) is 0 Å². The van der Waals surface area contributed by atoms with Gasteiger partial charge in [-0.2, -0.15) is 0 Å². The van der Waals surface area contributed by atoms with Crippen molar-refractivity contribution in [3.05, 3.63) is 158 Å². The SMILES string of the molecule is CC/C=C\C/C=C\C/C=C\C/C=C\C/C=C\C/C=C\CCC(=O)OCC(COP(=O)(O)OCC(O)COP(=O)(O)OCC(COC(=O)CCC/C=C\C/C=C\C/C=C\C/C=C\C/C=C\CC)OC(=O)CCCCCCCCCCCCCCC)OC(=O)CCCCCCC/C=C\C/C=C\CCC. The number of carbonyl (C=O) groups excluding carboxylic acids is 4. The molecule has 0 aromatic heterocycles. The van der Waals surface area contributed by atoms with Crippen molar-refractivity contribution in [1.82, 2.24) is 0 Å². The van der Waals surface area contributed by atoms with Crippen LogP contribution >= 0.6 is 15.6 Å². The minimum atomic E-state index is -5.00. The van der Waals surface area contributed by atoms with Gasteiger partial charge in [-0.1, -0.05) is 288 Å². The van der Waals surface area contributed by atoms with Crippen LogP contribution in [-0.4, -0.2) is 96.7 Å². The van der Waals surface area contributed by atoms with Crippen molar-refractivity contribution in [2.45, 2.75) is 303 Å². The minimum absolute atomic E-state index is 0.0276. The molecule has 0 bridgehead atoms. The number of esters is 4. The Hall–Kier alpha value is -5.32. The predicted molar refractivity (Wildman–Crippen MR) is 417 cm³/mol. The largest absolute Gasteiger partial charge is 0.472 e. The van der Waals surface area contributed by atoms with Gasteiger partial charge < -0.3 is 33.8 Å². The van der Waals surface area contributed by atoms with Crippen LogP contribution in [0.3, 0.4) is 0 Å². The van der Waals surface area contributed by atoms with Crippen LogP contribution in [0.4, 0.5) is 0 Å². The number of phosphoric ester groups is 2. The molecule has 102 heavy (non-hydrogen) atoms. The first kappa shape index (κ1) is 96.7. The van der Waals surface area contributed by atoms with E-state index in [0.29, 0.717) is 38.5 Å². The maximum absolute atomic E-state index is 13.1. The highest BCUT2D eigenvalue weighted by atomic mass is 31.2. The molecule has 0 aliphatic carbocycles. The van der Waals surface area contributed by atoms with Crippen molar-refractivity contribution in [1.29, 1.82) is 0 Å². The van der Waals surface area contributed by atoms with E-state index in [2.05, 4.69) is 155 Å². The number of ether oxygens (including phenoxy) is 4. The average molecular weight is 1470 g/mol. The zero-order chi connectivity index (χ0) is 74.6. The molecular formula is C83H136O17P2. The van der Waals surface area contributed by atoms with Gasteiger partial charge in [-0.15, -0.1) is 0 Å². The topological polar surface area (TPSA) is 237 Å². The number of allylic oxidation sites excluding steroid dienone is 26. The Labute approximate surface area is 617 Å². The lowest BCUT2D eigenvalue weighted by atomic mass is 10.0. The van der Waals surface area contributed by atoms with Crippen LogP contribution in [0.15, 0.2) is 158 Å². The standard InChI is InChI=1S/C83H136O17P2/c1-5-9-13-17-21-25-29-33-35-37-38-40-42-46-48-52-56-60-64-68-81(86)94-74-79(100-83(88)70-66-62-58-54-50-44-32-28-24-20-16-12-8-4)76-98-102(91,92)96-72-77(84)71-95-101(89,90)97-75-78(99-82(87)69-65-61-57-53-49-43-31-27-23-19-15-11-7-3)73-93-80(85)67-63-59-55-51-47-45-41-39-36-34-30-26-22-18-14-10-6-2/h9-10,13-14,16,20-22,25-26,28,32-36,38,40-41,45-46,48,51,55-56,60,77-79,84H,5-8,11-12,15,17-19,23-24,27,29-31,37,39,42-44,47,49-50,52-54,57-59,61-76H2,1-4H3,(H,89,90)(H,91,92)/b13-9-,14-10-,20-16-,25-21-,26-22-,32-28-,35-33-,36-34-,40-38-,45-41-,48-46-,55-51-,60-56-. The molecule has 0 aliphatic heterocycles. The Morgan fingerprint density at radius 3 is 0.912 bits per heavy atom. The molecule has 0 radical (unpaired) electrons. The summed E-state index contributed by atoms with van der Waals surface area (Å²) in [6, 6.07) is 0. The van der Waals surface area contributed by atoms with Gasteiger partial charge in [-0.25, -0.2) is 9.13 Å². The molecule has 0 saturated carbocycles. The van der Waals surface area contributed by atoms with Gasteiger partial charge in [-0.3, -0.25) is 37.3 Å². The highest BCUT2D eigenvalue weighted by Gasteiger charge is 2.30. The van der Waals surface area contributed by atoms with Crippen LogP contribution in [0, 0.1) is 0 Å². The molecule has 17 nitrogen and oxygen atoms in total. The van der Waals surface area contributed by atoms with Crippen LogP contribution in [-0.2, 0) is 65.4 Å². The third-order valence-corrected chi connectivity index (χ3v) is 17.4. The van der Waals surface area contributed by atoms with Crippen LogP contribution in [0.1, 0.15) is 285 Å². The fourth-order valence-electron chi connectivity index (χ4n) is 9.67. The lowest BCUT2D eigenvalue weighted by Crippen LogP contribution is -2.30. The number of hydrogen-bond donors (Lipinski definition) is 3. The Morgan fingerprint density at radius 2 is 0.559 bits per heavy atom. The second-order valence-corrected chi connectivity index (χ2v) is 28.1. The molecule has 5 atom stereocenters. The zero-order valence-electron chi connectivity index (χ0n) is 63.2. The number of rotatable bonds is 71. The molecule has 0 heterocycles. The Bertz CT molecular complexity index is 2550. The second-order valence-electron chi connectivity index (χ2n) is 25.2. The van der Waals surface area contributed by atoms with Crippen molar-refractivity contribution in [3.8, 4) is 0 Å². The second kappa shape index (κ2) is 74.0. The summed E-state index contributed by atoms with van der Waals surface area (Å²) in [4.78, 5) is 72.8. The van der Waals surface area contributed by atoms with E-state index < -0.39 is 97.5 Å². The van der Waals surface area contributed by atoms with E-state index in [4.69, 9.17) is 37.0 Å². The van der Waals surface area contributed by atoms with Gasteiger partial charge in [0.05, 0.1) is 26.4 Å². The molecule has 0 fully saturated rings. The molecule has 0 saturated heterocycles. The van der Waals surface area contributed by atoms with Crippen molar-refractivity contribution < 1.29 is 80.2 Å². The van der Waals surface area contributed by atoms with Gasteiger partial charge in [0.25, 0.3) is 0 Å². The van der Waals surface area contributed by atoms with Gasteiger partial charge in [-0.05, 0) is 128 Å². The first-order chi connectivity index (χ1) is 49.7. The lowest BCUT2D eigenvalue weighted by Gasteiger charge is -2.21. The van der Waals surface area contributed by atoms with Crippen LogP contribution in [0.2, 0.25) is 0 Å². The minimum Gasteiger partial charge on any atom is -0.462 e. The summed E-state index contributed by atoms with van der Waals surface area (Å²) in [6.07, 6.45) is 85.4. The van der Waals surface area contributed by atoms with Crippen LogP contribution < -0.4 is 0 Å². The molecule has 5 unspecified atom stereocenters. The molecule has 0 aliphatic rings. The molecule has 3 N–H and O–H groups in total. The van der Waals surface area contributed by atoms with Gasteiger partial charge in [0.1, 0.15) is 19.3 Å². The summed E-state index contributed by atoms with van der Waals surface area (Å²) in [5, 5.41) is 10.6. The van der Waals surface area contributed by atoms with Crippen molar-refractivity contribution >= 4 is 39.5 Å².